The largest absolute Gasteiger partial charge is 0.381 e. The van der Waals surface area contributed by atoms with E-state index in [1.165, 1.54) is 77.3 Å². The summed E-state index contributed by atoms with van der Waals surface area (Å²) in [5.41, 5.74) is 0. The third-order valence-corrected chi connectivity index (χ3v) is 18.8. The van der Waals surface area contributed by atoms with Crippen molar-refractivity contribution in [2.45, 2.75) is 230 Å². The van der Waals surface area contributed by atoms with Crippen LogP contribution in [0.25, 0.3) is 0 Å². The monoisotopic (exact) mass is 914 g/mol. The van der Waals surface area contributed by atoms with E-state index in [1.54, 1.807) is 0 Å². The third-order valence-electron chi connectivity index (χ3n) is 18.8. The first kappa shape index (κ1) is 62.9. The van der Waals surface area contributed by atoms with Crippen molar-refractivity contribution in [1.82, 2.24) is 4.90 Å². The highest BCUT2D eigenvalue weighted by molar-refractivity contribution is 4.90. The summed E-state index contributed by atoms with van der Waals surface area (Å²) < 4.78 is 5.49. The highest BCUT2D eigenvalue weighted by Crippen LogP contribution is 2.48. The fraction of sp³-hybridized carbons (Fsp3) is 1.00. The van der Waals surface area contributed by atoms with Crippen LogP contribution in [-0.4, -0.2) is 38.3 Å². The molecule has 2 nitrogen and oxygen atoms in total. The maximum absolute atomic E-state index is 5.49. The number of likely N-dealkylation sites (tertiary alicyclic amines) is 1. The van der Waals surface area contributed by atoms with Crippen LogP contribution in [0.1, 0.15) is 230 Å². The molecule has 12 unspecified atom stereocenters. The Labute approximate surface area is 413 Å². The van der Waals surface area contributed by atoms with Gasteiger partial charge in [-0.1, -0.05) is 185 Å². The molecule has 6 fully saturated rings. The molecular formula is C63H127NO. The summed E-state index contributed by atoms with van der Waals surface area (Å²) in [6.45, 7) is 61.1. The van der Waals surface area contributed by atoms with E-state index in [4.69, 9.17) is 4.74 Å². The number of hydrogen-bond acceptors (Lipinski definition) is 2. The molecule has 0 bridgehead atoms. The normalized spacial score (nSPS) is 32.4. The van der Waals surface area contributed by atoms with Crippen molar-refractivity contribution in [3.8, 4) is 0 Å². The van der Waals surface area contributed by atoms with Gasteiger partial charge in [0.25, 0.3) is 0 Å². The fourth-order valence-electron chi connectivity index (χ4n) is 13.9. The number of hydrogen-bond donors (Lipinski definition) is 0. The van der Waals surface area contributed by atoms with Gasteiger partial charge in [0.05, 0.1) is 0 Å². The van der Waals surface area contributed by atoms with Gasteiger partial charge < -0.3 is 9.64 Å². The van der Waals surface area contributed by atoms with Crippen LogP contribution >= 0.6 is 0 Å². The first-order valence-corrected chi connectivity index (χ1v) is 29.4. The minimum absolute atomic E-state index is 0.782. The molecule has 6 rings (SSSR count). The van der Waals surface area contributed by atoms with E-state index < -0.39 is 0 Å². The Morgan fingerprint density at radius 1 is 0.262 bits per heavy atom. The second-order valence-corrected chi connectivity index (χ2v) is 27.7. The van der Waals surface area contributed by atoms with E-state index in [2.05, 4.69) is 178 Å². The first-order chi connectivity index (χ1) is 30.1. The van der Waals surface area contributed by atoms with Crippen LogP contribution in [0.15, 0.2) is 0 Å². The van der Waals surface area contributed by atoms with Gasteiger partial charge in [-0.15, -0.1) is 0 Å². The summed E-state index contributed by atoms with van der Waals surface area (Å²) in [4.78, 5) is 2.48. The molecule has 65 heavy (non-hydrogen) atoms. The molecule has 4 aliphatic carbocycles. The molecule has 0 aromatic rings. The molecule has 0 N–H and O–H groups in total. The molecule has 6 aliphatic rings. The average molecular weight is 915 g/mol. The van der Waals surface area contributed by atoms with Crippen molar-refractivity contribution in [2.24, 2.45) is 142 Å². The number of nitrogens with zero attached hydrogens (tertiary/aromatic N) is 1. The van der Waals surface area contributed by atoms with Gasteiger partial charge in [-0.2, -0.15) is 0 Å². The topological polar surface area (TPSA) is 12.5 Å². The lowest BCUT2D eigenvalue weighted by atomic mass is 9.64. The Morgan fingerprint density at radius 3 is 0.677 bits per heavy atom. The van der Waals surface area contributed by atoms with Crippen LogP contribution < -0.4 is 0 Å². The molecule has 2 heterocycles. The van der Waals surface area contributed by atoms with Crippen molar-refractivity contribution < 1.29 is 4.74 Å². The first-order valence-electron chi connectivity index (χ1n) is 29.4. The Bertz CT molecular complexity index is 1030. The van der Waals surface area contributed by atoms with Crippen molar-refractivity contribution in [2.75, 3.05) is 33.4 Å². The Balaban J connectivity index is 0.000000391. The van der Waals surface area contributed by atoms with Crippen LogP contribution in [0, 0.1) is 142 Å². The Kier molecular flexibility index (Phi) is 30.3. The van der Waals surface area contributed by atoms with Gasteiger partial charge in [-0.3, -0.25) is 0 Å². The molecule has 0 spiro atoms. The summed E-state index contributed by atoms with van der Waals surface area (Å²) in [5, 5.41) is 0. The molecule has 2 saturated heterocycles. The van der Waals surface area contributed by atoms with Crippen LogP contribution in [0.4, 0.5) is 0 Å². The molecule has 0 amide bonds. The zero-order chi connectivity index (χ0) is 50.0. The lowest BCUT2D eigenvalue weighted by Crippen LogP contribution is -2.33. The molecule has 0 radical (unpaired) electrons. The lowest BCUT2D eigenvalue weighted by molar-refractivity contribution is 0.0793. The van der Waals surface area contributed by atoms with Crippen LogP contribution in [-0.2, 0) is 4.74 Å². The summed E-state index contributed by atoms with van der Waals surface area (Å²) in [6.07, 6.45) is 14.8. The predicted molar refractivity (Wildman–Crippen MR) is 294 cm³/mol. The van der Waals surface area contributed by atoms with Gasteiger partial charge in [-0.25, -0.2) is 0 Å². The van der Waals surface area contributed by atoms with E-state index >= 15 is 0 Å². The van der Waals surface area contributed by atoms with Gasteiger partial charge in [0.1, 0.15) is 0 Å². The third kappa shape index (κ3) is 21.8. The van der Waals surface area contributed by atoms with E-state index in [1.807, 2.05) is 0 Å². The quantitative estimate of drug-likeness (QED) is 0.193. The highest BCUT2D eigenvalue weighted by Gasteiger charge is 2.41. The van der Waals surface area contributed by atoms with E-state index in [0.717, 1.165) is 155 Å². The molecule has 0 aromatic heterocycles. The molecule has 2 aliphatic heterocycles. The summed E-state index contributed by atoms with van der Waals surface area (Å²) >= 11 is 0. The molecule has 4 saturated carbocycles. The second kappa shape index (κ2) is 31.3. The standard InChI is InChI=1S/C12H24.C11H23N.C11H22.C10H20O.C10H20.C9H18/c1-9(2)11-7-5-6-8-12(11)10(3)4;1-8(2)10-6-12(5)7-11(10)9(3)4;1-8(2)10-6-5-7-11(10)9(3)4;1-7(2)9-5-11-6-10(9)8(3)4;1-7(2)9-5-6-10(9)8(3)4;1-6(2)8-5-9(8)7(3)4/h9-12H,5-8H2,1-4H3;8-11H,6-7H2,1-5H3;8-11H,5-7H2,1-4H3;7-10H,5-6H2,1-4H3;7-10H,5-6H2,1-4H3;6-9H,5H2,1-4H3. The smallest absolute Gasteiger partial charge is 0.0500 e. The minimum atomic E-state index is 0.782. The zero-order valence-electron chi connectivity index (χ0n) is 49.6. The van der Waals surface area contributed by atoms with Gasteiger partial charge in [-0.05, 0) is 194 Å². The maximum Gasteiger partial charge on any atom is 0.0500 e. The van der Waals surface area contributed by atoms with Gasteiger partial charge in [0.2, 0.25) is 0 Å². The molecule has 2 heteroatoms. The number of rotatable bonds is 12. The zero-order valence-corrected chi connectivity index (χ0v) is 49.6. The highest BCUT2D eigenvalue weighted by atomic mass is 16.5. The van der Waals surface area contributed by atoms with Crippen molar-refractivity contribution in [3.63, 3.8) is 0 Å². The summed E-state index contributed by atoms with van der Waals surface area (Å²) in [6, 6.07) is 0. The van der Waals surface area contributed by atoms with Gasteiger partial charge in [0.15, 0.2) is 0 Å². The lowest BCUT2D eigenvalue weighted by Gasteiger charge is -2.42. The predicted octanol–water partition coefficient (Wildman–Crippen LogP) is 19.1. The fourth-order valence-corrected chi connectivity index (χ4v) is 13.9. The van der Waals surface area contributed by atoms with Gasteiger partial charge in [0, 0.05) is 26.3 Å². The number of ether oxygens (including phenoxy) is 1. The molecule has 0 aromatic carbocycles. The van der Waals surface area contributed by atoms with Crippen LogP contribution in [0.2, 0.25) is 0 Å². The van der Waals surface area contributed by atoms with Crippen LogP contribution in [0.5, 0.6) is 0 Å². The minimum Gasteiger partial charge on any atom is -0.381 e. The van der Waals surface area contributed by atoms with Crippen molar-refractivity contribution >= 4 is 0 Å². The Hall–Kier alpha value is -0.0800. The van der Waals surface area contributed by atoms with Crippen molar-refractivity contribution in [1.29, 1.82) is 0 Å². The summed E-state index contributed by atoms with van der Waals surface area (Å²) in [5.74, 6) is 22.3. The van der Waals surface area contributed by atoms with E-state index in [0.29, 0.717) is 0 Å². The maximum atomic E-state index is 5.49. The van der Waals surface area contributed by atoms with Gasteiger partial charge >= 0.3 is 0 Å². The molecule has 12 atom stereocenters. The van der Waals surface area contributed by atoms with Crippen molar-refractivity contribution in [3.05, 3.63) is 0 Å². The van der Waals surface area contributed by atoms with E-state index in [-0.39, 0.29) is 0 Å². The van der Waals surface area contributed by atoms with E-state index in [9.17, 15) is 0 Å². The summed E-state index contributed by atoms with van der Waals surface area (Å²) in [7, 11) is 2.25. The SMILES string of the molecule is CC(C)C1CC1C(C)C.CC(C)C1CCC1C(C)C.CC(C)C1CCCC1C(C)C.CC(C)C1CCCCC1C(C)C.CC(C)C1CN(C)CC1C(C)C.CC(C)C1COCC1C(C)C. The second-order valence-electron chi connectivity index (χ2n) is 27.7. The Morgan fingerprint density at radius 2 is 0.477 bits per heavy atom. The average Bonchev–Trinajstić information content (AvgIpc) is 3.49. The molecular weight excluding hydrogens is 787 g/mol. The van der Waals surface area contributed by atoms with Crippen LogP contribution in [0.3, 0.4) is 0 Å². The molecule has 390 valence electrons.